The Morgan fingerprint density at radius 3 is 2.91 bits per heavy atom. The zero-order chi connectivity index (χ0) is 16.2. The molecule has 0 amide bonds. The number of nitrogens with zero attached hydrogens (tertiary/aromatic N) is 3. The summed E-state index contributed by atoms with van der Waals surface area (Å²) in [5, 5.41) is 0. The molecule has 1 aliphatic heterocycles. The van der Waals surface area contributed by atoms with Crippen LogP contribution in [-0.4, -0.2) is 29.7 Å². The molecule has 1 unspecified atom stereocenters. The van der Waals surface area contributed by atoms with Gasteiger partial charge < -0.3 is 21.1 Å². The molecule has 1 aromatic carbocycles. The lowest BCUT2D eigenvalue weighted by atomic mass is 9.99. The SMILES string of the molecule is Cc1cc(N2CCCOCC2c2ccccc2CN)nc(N)n1. The summed E-state index contributed by atoms with van der Waals surface area (Å²) < 4.78 is 5.82. The maximum absolute atomic E-state index is 5.92. The van der Waals surface area contributed by atoms with Gasteiger partial charge in [0.1, 0.15) is 5.82 Å². The molecular weight excluding hydrogens is 290 g/mol. The van der Waals surface area contributed by atoms with E-state index in [4.69, 9.17) is 16.2 Å². The van der Waals surface area contributed by atoms with Gasteiger partial charge in [0.05, 0.1) is 12.6 Å². The highest BCUT2D eigenvalue weighted by molar-refractivity contribution is 5.47. The van der Waals surface area contributed by atoms with Crippen LogP contribution >= 0.6 is 0 Å². The van der Waals surface area contributed by atoms with Gasteiger partial charge in [0, 0.05) is 31.5 Å². The Morgan fingerprint density at radius 1 is 1.30 bits per heavy atom. The van der Waals surface area contributed by atoms with E-state index in [9.17, 15) is 0 Å². The van der Waals surface area contributed by atoms with Crippen molar-refractivity contribution in [3.05, 3.63) is 47.2 Å². The van der Waals surface area contributed by atoms with Crippen LogP contribution in [0, 0.1) is 6.92 Å². The van der Waals surface area contributed by atoms with Gasteiger partial charge in [-0.05, 0) is 24.5 Å². The highest BCUT2D eigenvalue weighted by atomic mass is 16.5. The minimum Gasteiger partial charge on any atom is -0.379 e. The first-order valence-corrected chi connectivity index (χ1v) is 7.92. The van der Waals surface area contributed by atoms with Crippen LogP contribution in [0.15, 0.2) is 30.3 Å². The molecule has 23 heavy (non-hydrogen) atoms. The zero-order valence-corrected chi connectivity index (χ0v) is 13.4. The molecule has 1 fully saturated rings. The molecule has 4 N–H and O–H groups in total. The van der Waals surface area contributed by atoms with Crippen molar-refractivity contribution in [2.24, 2.45) is 5.73 Å². The summed E-state index contributed by atoms with van der Waals surface area (Å²) in [6.07, 6.45) is 0.949. The molecule has 2 aromatic rings. The van der Waals surface area contributed by atoms with Gasteiger partial charge in [-0.25, -0.2) is 4.98 Å². The molecular formula is C17H23N5O. The second kappa shape index (κ2) is 6.93. The van der Waals surface area contributed by atoms with E-state index in [-0.39, 0.29) is 6.04 Å². The highest BCUT2D eigenvalue weighted by Gasteiger charge is 2.26. The number of hydrogen-bond donors (Lipinski definition) is 2. The van der Waals surface area contributed by atoms with E-state index in [1.54, 1.807) is 0 Å². The zero-order valence-electron chi connectivity index (χ0n) is 13.4. The van der Waals surface area contributed by atoms with Gasteiger partial charge in [-0.15, -0.1) is 0 Å². The fraction of sp³-hybridized carbons (Fsp3) is 0.412. The summed E-state index contributed by atoms with van der Waals surface area (Å²) in [6, 6.07) is 10.3. The van der Waals surface area contributed by atoms with Crippen LogP contribution in [0.3, 0.4) is 0 Å². The van der Waals surface area contributed by atoms with Gasteiger partial charge in [0.15, 0.2) is 0 Å². The van der Waals surface area contributed by atoms with Crippen LogP contribution < -0.4 is 16.4 Å². The fourth-order valence-electron chi connectivity index (χ4n) is 3.08. The van der Waals surface area contributed by atoms with Gasteiger partial charge in [-0.2, -0.15) is 4.98 Å². The molecule has 1 aromatic heterocycles. The molecule has 1 atom stereocenters. The maximum Gasteiger partial charge on any atom is 0.222 e. The standard InChI is InChI=1S/C17H23N5O/c1-12-9-16(21-17(19)20-12)22-7-4-8-23-11-15(22)14-6-3-2-5-13(14)10-18/h2-3,5-6,9,15H,4,7-8,10-11,18H2,1H3,(H2,19,20,21). The van der Waals surface area contributed by atoms with Crippen molar-refractivity contribution in [1.82, 2.24) is 9.97 Å². The van der Waals surface area contributed by atoms with Crippen molar-refractivity contribution in [2.45, 2.75) is 25.9 Å². The molecule has 0 aliphatic carbocycles. The summed E-state index contributed by atoms with van der Waals surface area (Å²) in [5.74, 6) is 1.15. The minimum absolute atomic E-state index is 0.0750. The molecule has 1 aliphatic rings. The Bertz CT molecular complexity index is 656. The Labute approximate surface area is 136 Å². The van der Waals surface area contributed by atoms with E-state index in [0.29, 0.717) is 19.1 Å². The molecule has 2 heterocycles. The average molecular weight is 313 g/mol. The lowest BCUT2D eigenvalue weighted by molar-refractivity contribution is 0.134. The summed E-state index contributed by atoms with van der Waals surface area (Å²) in [7, 11) is 0. The van der Waals surface area contributed by atoms with Crippen LogP contribution in [0.4, 0.5) is 11.8 Å². The number of anilines is 2. The monoisotopic (exact) mass is 313 g/mol. The molecule has 0 spiro atoms. The number of ether oxygens (including phenoxy) is 1. The lowest BCUT2D eigenvalue weighted by Crippen LogP contribution is -2.32. The van der Waals surface area contributed by atoms with E-state index >= 15 is 0 Å². The number of nitrogens with two attached hydrogens (primary N) is 2. The van der Waals surface area contributed by atoms with Crippen molar-refractivity contribution in [1.29, 1.82) is 0 Å². The third-order valence-electron chi connectivity index (χ3n) is 4.13. The number of nitrogen functional groups attached to an aromatic ring is 1. The smallest absolute Gasteiger partial charge is 0.222 e. The Morgan fingerprint density at radius 2 is 2.13 bits per heavy atom. The van der Waals surface area contributed by atoms with E-state index < -0.39 is 0 Å². The molecule has 122 valence electrons. The third kappa shape index (κ3) is 3.43. The molecule has 6 nitrogen and oxygen atoms in total. The second-order valence-electron chi connectivity index (χ2n) is 5.77. The molecule has 1 saturated heterocycles. The molecule has 3 rings (SSSR count). The molecule has 0 radical (unpaired) electrons. The van der Waals surface area contributed by atoms with Crippen molar-refractivity contribution in [3.63, 3.8) is 0 Å². The topological polar surface area (TPSA) is 90.3 Å². The van der Waals surface area contributed by atoms with E-state index in [0.717, 1.165) is 36.6 Å². The van der Waals surface area contributed by atoms with Crippen molar-refractivity contribution >= 4 is 11.8 Å². The second-order valence-corrected chi connectivity index (χ2v) is 5.77. The Balaban J connectivity index is 2.03. The maximum atomic E-state index is 5.92. The summed E-state index contributed by atoms with van der Waals surface area (Å²) >= 11 is 0. The number of rotatable bonds is 3. The molecule has 0 bridgehead atoms. The fourth-order valence-corrected chi connectivity index (χ4v) is 3.08. The first-order chi connectivity index (χ1) is 11.2. The summed E-state index contributed by atoms with van der Waals surface area (Å²) in [4.78, 5) is 10.9. The van der Waals surface area contributed by atoms with Gasteiger partial charge in [0.25, 0.3) is 0 Å². The minimum atomic E-state index is 0.0750. The van der Waals surface area contributed by atoms with Crippen LogP contribution in [0.2, 0.25) is 0 Å². The Kier molecular flexibility index (Phi) is 4.73. The van der Waals surface area contributed by atoms with Crippen molar-refractivity contribution in [3.8, 4) is 0 Å². The van der Waals surface area contributed by atoms with Crippen molar-refractivity contribution < 1.29 is 4.74 Å². The molecule has 6 heteroatoms. The number of benzene rings is 1. The van der Waals surface area contributed by atoms with Crippen molar-refractivity contribution in [2.75, 3.05) is 30.4 Å². The first kappa shape index (κ1) is 15.7. The summed E-state index contributed by atoms with van der Waals surface area (Å²) in [6.45, 7) is 4.65. The van der Waals surface area contributed by atoms with Crippen LogP contribution in [0.25, 0.3) is 0 Å². The van der Waals surface area contributed by atoms with Crippen LogP contribution in [-0.2, 0) is 11.3 Å². The van der Waals surface area contributed by atoms with Gasteiger partial charge >= 0.3 is 0 Å². The van der Waals surface area contributed by atoms with E-state index in [2.05, 4.69) is 27.0 Å². The van der Waals surface area contributed by atoms with Crippen LogP contribution in [0.1, 0.15) is 29.3 Å². The third-order valence-corrected chi connectivity index (χ3v) is 4.13. The quantitative estimate of drug-likeness (QED) is 0.898. The van der Waals surface area contributed by atoms with Crippen LogP contribution in [0.5, 0.6) is 0 Å². The Hall–Kier alpha value is -2.18. The first-order valence-electron chi connectivity index (χ1n) is 7.92. The van der Waals surface area contributed by atoms with Gasteiger partial charge in [-0.1, -0.05) is 24.3 Å². The lowest BCUT2D eigenvalue weighted by Gasteiger charge is -2.32. The van der Waals surface area contributed by atoms with E-state index in [1.807, 2.05) is 25.1 Å². The van der Waals surface area contributed by atoms with E-state index in [1.165, 1.54) is 5.56 Å². The number of aromatic nitrogens is 2. The largest absolute Gasteiger partial charge is 0.379 e. The highest BCUT2D eigenvalue weighted by Crippen LogP contribution is 2.31. The summed E-state index contributed by atoms with van der Waals surface area (Å²) in [5.41, 5.74) is 15.0. The van der Waals surface area contributed by atoms with Gasteiger partial charge in [0.2, 0.25) is 5.95 Å². The average Bonchev–Trinajstić information content (AvgIpc) is 2.79. The number of aryl methyl sites for hydroxylation is 1. The predicted octanol–water partition coefficient (Wildman–Crippen LogP) is 1.79. The van der Waals surface area contributed by atoms with Gasteiger partial charge in [-0.3, -0.25) is 0 Å². The molecule has 0 saturated carbocycles. The number of hydrogen-bond acceptors (Lipinski definition) is 6. The predicted molar refractivity (Wildman–Crippen MR) is 91.0 cm³/mol. The normalized spacial score (nSPS) is 18.7.